The van der Waals surface area contributed by atoms with Crippen molar-refractivity contribution in [1.29, 1.82) is 0 Å². The molecular weight excluding hydrogens is 267 g/mol. The quantitative estimate of drug-likeness (QED) is 0.921. The SMILES string of the molecule is CC1CCC(CN)CN1Cc1ccc(Cl)cc1Cl. The van der Waals surface area contributed by atoms with Crippen LogP contribution < -0.4 is 5.73 Å². The Kier molecular flexibility index (Phi) is 4.91. The molecule has 18 heavy (non-hydrogen) atoms. The topological polar surface area (TPSA) is 29.3 Å². The molecule has 1 saturated heterocycles. The summed E-state index contributed by atoms with van der Waals surface area (Å²) in [7, 11) is 0. The van der Waals surface area contributed by atoms with E-state index in [-0.39, 0.29) is 0 Å². The van der Waals surface area contributed by atoms with Gasteiger partial charge in [0, 0.05) is 29.2 Å². The van der Waals surface area contributed by atoms with Gasteiger partial charge in [-0.3, -0.25) is 4.90 Å². The summed E-state index contributed by atoms with van der Waals surface area (Å²) >= 11 is 12.2. The zero-order valence-corrected chi connectivity index (χ0v) is 12.2. The first-order chi connectivity index (χ1) is 8.60. The normalized spacial score (nSPS) is 25.3. The summed E-state index contributed by atoms with van der Waals surface area (Å²) in [5, 5.41) is 1.44. The number of hydrogen-bond acceptors (Lipinski definition) is 2. The molecule has 1 fully saturated rings. The van der Waals surface area contributed by atoms with Gasteiger partial charge in [-0.1, -0.05) is 29.3 Å². The Morgan fingerprint density at radius 3 is 2.78 bits per heavy atom. The highest BCUT2D eigenvalue weighted by Gasteiger charge is 2.24. The van der Waals surface area contributed by atoms with Crippen molar-refractivity contribution in [2.45, 2.75) is 32.4 Å². The Morgan fingerprint density at radius 2 is 2.11 bits per heavy atom. The van der Waals surface area contributed by atoms with E-state index in [2.05, 4.69) is 11.8 Å². The average molecular weight is 287 g/mol. The van der Waals surface area contributed by atoms with E-state index in [4.69, 9.17) is 28.9 Å². The third-order valence-corrected chi connectivity index (χ3v) is 4.42. The van der Waals surface area contributed by atoms with Crippen LogP contribution in [0.5, 0.6) is 0 Å². The van der Waals surface area contributed by atoms with E-state index in [1.807, 2.05) is 18.2 Å². The lowest BCUT2D eigenvalue weighted by atomic mass is 9.93. The maximum atomic E-state index is 6.23. The second-order valence-corrected chi connectivity index (χ2v) is 6.04. The maximum absolute atomic E-state index is 6.23. The molecule has 0 aliphatic carbocycles. The average Bonchev–Trinajstić information content (AvgIpc) is 2.35. The molecule has 2 rings (SSSR count). The van der Waals surface area contributed by atoms with Crippen LogP contribution in [0.4, 0.5) is 0 Å². The van der Waals surface area contributed by atoms with Gasteiger partial charge in [-0.15, -0.1) is 0 Å². The van der Waals surface area contributed by atoms with E-state index in [1.54, 1.807) is 0 Å². The summed E-state index contributed by atoms with van der Waals surface area (Å²) < 4.78 is 0. The zero-order valence-electron chi connectivity index (χ0n) is 10.7. The van der Waals surface area contributed by atoms with Crippen LogP contribution >= 0.6 is 23.2 Å². The molecule has 1 aliphatic heterocycles. The van der Waals surface area contributed by atoms with Crippen molar-refractivity contribution in [3.8, 4) is 0 Å². The van der Waals surface area contributed by atoms with Crippen LogP contribution in [0.2, 0.25) is 10.0 Å². The van der Waals surface area contributed by atoms with Crippen LogP contribution in [-0.2, 0) is 6.54 Å². The molecule has 2 unspecified atom stereocenters. The van der Waals surface area contributed by atoms with Gasteiger partial charge in [0.15, 0.2) is 0 Å². The predicted molar refractivity (Wildman–Crippen MR) is 78.1 cm³/mol. The molecule has 0 bridgehead atoms. The zero-order chi connectivity index (χ0) is 13.1. The number of likely N-dealkylation sites (tertiary alicyclic amines) is 1. The molecule has 0 radical (unpaired) electrons. The van der Waals surface area contributed by atoms with E-state index in [0.717, 1.165) is 30.2 Å². The molecule has 1 heterocycles. The lowest BCUT2D eigenvalue weighted by Gasteiger charge is -2.37. The molecule has 100 valence electrons. The summed E-state index contributed by atoms with van der Waals surface area (Å²) in [6.45, 7) is 5.00. The molecule has 0 spiro atoms. The Labute approximate surface area is 119 Å². The minimum atomic E-state index is 0.597. The van der Waals surface area contributed by atoms with Gasteiger partial charge in [-0.2, -0.15) is 0 Å². The van der Waals surface area contributed by atoms with Crippen LogP contribution in [0.25, 0.3) is 0 Å². The van der Waals surface area contributed by atoms with Crippen molar-refractivity contribution in [3.63, 3.8) is 0 Å². The number of piperidine rings is 1. The van der Waals surface area contributed by atoms with Crippen LogP contribution in [0.3, 0.4) is 0 Å². The van der Waals surface area contributed by atoms with E-state index in [9.17, 15) is 0 Å². The molecule has 2 atom stereocenters. The second-order valence-electron chi connectivity index (χ2n) is 5.19. The number of benzene rings is 1. The minimum absolute atomic E-state index is 0.597. The molecule has 2 N–H and O–H groups in total. The van der Waals surface area contributed by atoms with Gasteiger partial charge in [-0.25, -0.2) is 0 Å². The van der Waals surface area contributed by atoms with Crippen molar-refractivity contribution < 1.29 is 0 Å². The third-order valence-electron chi connectivity index (χ3n) is 3.83. The molecular formula is C14H20Cl2N2. The fraction of sp³-hybridized carbons (Fsp3) is 0.571. The smallest absolute Gasteiger partial charge is 0.0465 e. The fourth-order valence-electron chi connectivity index (χ4n) is 2.54. The van der Waals surface area contributed by atoms with Crippen molar-refractivity contribution >= 4 is 23.2 Å². The van der Waals surface area contributed by atoms with Crippen molar-refractivity contribution in [2.24, 2.45) is 11.7 Å². The molecule has 0 saturated carbocycles. The van der Waals surface area contributed by atoms with Gasteiger partial charge in [0.2, 0.25) is 0 Å². The largest absolute Gasteiger partial charge is 0.330 e. The predicted octanol–water partition coefficient (Wildman–Crippen LogP) is 3.55. The standard InChI is InChI=1S/C14H20Cl2N2/c1-10-2-3-11(7-17)8-18(10)9-12-4-5-13(15)6-14(12)16/h4-6,10-11H,2-3,7-9,17H2,1H3. The molecule has 1 aromatic rings. The first kappa shape index (κ1) is 14.1. The van der Waals surface area contributed by atoms with Gasteiger partial charge in [0.25, 0.3) is 0 Å². The summed E-state index contributed by atoms with van der Waals surface area (Å²) in [5.41, 5.74) is 6.93. The Bertz CT molecular complexity index is 409. The first-order valence-corrected chi connectivity index (χ1v) is 7.23. The first-order valence-electron chi connectivity index (χ1n) is 6.48. The van der Waals surface area contributed by atoms with Crippen molar-refractivity contribution in [1.82, 2.24) is 4.90 Å². The Morgan fingerprint density at radius 1 is 1.33 bits per heavy atom. The summed E-state index contributed by atoms with van der Waals surface area (Å²) in [6.07, 6.45) is 2.45. The van der Waals surface area contributed by atoms with E-state index in [1.165, 1.54) is 12.8 Å². The minimum Gasteiger partial charge on any atom is -0.330 e. The van der Waals surface area contributed by atoms with Gasteiger partial charge in [0.05, 0.1) is 0 Å². The molecule has 0 aromatic heterocycles. The molecule has 0 amide bonds. The summed E-state index contributed by atoms with van der Waals surface area (Å²) in [4.78, 5) is 2.47. The summed E-state index contributed by atoms with van der Waals surface area (Å²) in [5.74, 6) is 0.618. The third kappa shape index (κ3) is 3.39. The molecule has 2 nitrogen and oxygen atoms in total. The maximum Gasteiger partial charge on any atom is 0.0465 e. The number of nitrogens with two attached hydrogens (primary N) is 1. The molecule has 1 aromatic carbocycles. The van der Waals surface area contributed by atoms with Gasteiger partial charge >= 0.3 is 0 Å². The lowest BCUT2D eigenvalue weighted by molar-refractivity contribution is 0.113. The van der Waals surface area contributed by atoms with Gasteiger partial charge in [0.1, 0.15) is 0 Å². The van der Waals surface area contributed by atoms with Crippen molar-refractivity contribution in [3.05, 3.63) is 33.8 Å². The number of hydrogen-bond donors (Lipinski definition) is 1. The van der Waals surface area contributed by atoms with Crippen LogP contribution in [0.1, 0.15) is 25.3 Å². The fourth-order valence-corrected chi connectivity index (χ4v) is 3.01. The molecule has 4 heteroatoms. The highest BCUT2D eigenvalue weighted by Crippen LogP contribution is 2.27. The van der Waals surface area contributed by atoms with Crippen LogP contribution in [-0.4, -0.2) is 24.0 Å². The van der Waals surface area contributed by atoms with Crippen molar-refractivity contribution in [2.75, 3.05) is 13.1 Å². The lowest BCUT2D eigenvalue weighted by Crippen LogP contribution is -2.43. The van der Waals surface area contributed by atoms with Crippen LogP contribution in [0, 0.1) is 5.92 Å². The number of halogens is 2. The second kappa shape index (κ2) is 6.25. The highest BCUT2D eigenvalue weighted by molar-refractivity contribution is 6.35. The monoisotopic (exact) mass is 286 g/mol. The number of nitrogens with zero attached hydrogens (tertiary/aromatic N) is 1. The Hall–Kier alpha value is -0.280. The molecule has 1 aliphatic rings. The van der Waals surface area contributed by atoms with E-state index < -0.39 is 0 Å². The van der Waals surface area contributed by atoms with E-state index >= 15 is 0 Å². The Balaban J connectivity index is 2.07. The van der Waals surface area contributed by atoms with E-state index in [0.29, 0.717) is 17.0 Å². The van der Waals surface area contributed by atoms with Gasteiger partial charge in [-0.05, 0) is 49.9 Å². The summed E-state index contributed by atoms with van der Waals surface area (Å²) in [6, 6.07) is 6.33. The van der Waals surface area contributed by atoms with Crippen LogP contribution in [0.15, 0.2) is 18.2 Å². The van der Waals surface area contributed by atoms with Gasteiger partial charge < -0.3 is 5.73 Å². The number of rotatable bonds is 3. The highest BCUT2D eigenvalue weighted by atomic mass is 35.5.